The summed E-state index contributed by atoms with van der Waals surface area (Å²) in [4.78, 5) is 14.5. The van der Waals surface area contributed by atoms with Crippen molar-refractivity contribution in [2.24, 2.45) is 7.05 Å². The van der Waals surface area contributed by atoms with Crippen molar-refractivity contribution in [2.45, 2.75) is 38.8 Å². The van der Waals surface area contributed by atoms with Crippen molar-refractivity contribution in [3.8, 4) is 0 Å². The van der Waals surface area contributed by atoms with Crippen LogP contribution in [0, 0.1) is 6.92 Å². The summed E-state index contributed by atoms with van der Waals surface area (Å²) in [6.07, 6.45) is 2.42. The van der Waals surface area contributed by atoms with E-state index in [1.807, 2.05) is 48.9 Å². The lowest BCUT2D eigenvalue weighted by Crippen LogP contribution is -2.45. The van der Waals surface area contributed by atoms with E-state index in [4.69, 9.17) is 0 Å². The second-order valence-corrected chi connectivity index (χ2v) is 6.50. The number of piperidine rings is 1. The van der Waals surface area contributed by atoms with Crippen LogP contribution in [0.4, 0.5) is 0 Å². The van der Waals surface area contributed by atoms with E-state index in [-0.39, 0.29) is 11.9 Å². The van der Waals surface area contributed by atoms with Gasteiger partial charge >= 0.3 is 0 Å². The van der Waals surface area contributed by atoms with Crippen LogP contribution in [0.5, 0.6) is 0 Å². The van der Waals surface area contributed by atoms with Crippen LogP contribution >= 0.6 is 0 Å². The second-order valence-electron chi connectivity index (χ2n) is 6.50. The lowest BCUT2D eigenvalue weighted by Gasteiger charge is -2.32. The third kappa shape index (κ3) is 4.20. The Balaban J connectivity index is 1.43. The molecule has 6 heteroatoms. The van der Waals surface area contributed by atoms with Crippen LogP contribution in [0.25, 0.3) is 0 Å². The summed E-state index contributed by atoms with van der Waals surface area (Å²) in [5, 5.41) is 11.5. The van der Waals surface area contributed by atoms with Crippen LogP contribution < -0.4 is 5.32 Å². The van der Waals surface area contributed by atoms with Gasteiger partial charge < -0.3 is 9.88 Å². The Labute approximate surface area is 142 Å². The smallest absolute Gasteiger partial charge is 0.224 e. The molecule has 0 saturated carbocycles. The van der Waals surface area contributed by atoms with E-state index in [0.717, 1.165) is 49.7 Å². The number of rotatable bonds is 5. The first-order valence-electron chi connectivity index (χ1n) is 8.52. The maximum atomic E-state index is 12.2. The van der Waals surface area contributed by atoms with Crippen LogP contribution in [0.3, 0.4) is 0 Å². The fraction of sp³-hybridized carbons (Fsp3) is 0.500. The number of aryl methyl sites for hydroxylation is 1. The molecule has 1 N–H and O–H groups in total. The zero-order valence-corrected chi connectivity index (χ0v) is 14.4. The highest BCUT2D eigenvalue weighted by Crippen LogP contribution is 2.13. The van der Waals surface area contributed by atoms with Crippen molar-refractivity contribution in [1.82, 2.24) is 25.0 Å². The summed E-state index contributed by atoms with van der Waals surface area (Å²) in [6.45, 7) is 4.73. The molecule has 1 saturated heterocycles. The summed E-state index contributed by atoms with van der Waals surface area (Å²) in [7, 11) is 2.00. The number of hydrogen-bond acceptors (Lipinski definition) is 4. The largest absolute Gasteiger partial charge is 0.353 e. The third-order valence-corrected chi connectivity index (χ3v) is 4.71. The molecule has 1 aliphatic rings. The monoisotopic (exact) mass is 327 g/mol. The number of nitrogens with one attached hydrogen (secondary N) is 1. The molecule has 128 valence electrons. The van der Waals surface area contributed by atoms with Crippen LogP contribution in [-0.2, 0) is 24.8 Å². The lowest BCUT2D eigenvalue weighted by molar-refractivity contribution is -0.121. The van der Waals surface area contributed by atoms with Crippen molar-refractivity contribution in [2.75, 3.05) is 13.1 Å². The average Bonchev–Trinajstić information content (AvgIpc) is 2.89. The molecule has 3 rings (SSSR count). The second kappa shape index (κ2) is 7.57. The van der Waals surface area contributed by atoms with Gasteiger partial charge in [-0.25, -0.2) is 0 Å². The minimum absolute atomic E-state index is 0.114. The maximum Gasteiger partial charge on any atom is 0.224 e. The van der Waals surface area contributed by atoms with Gasteiger partial charge in [0.25, 0.3) is 0 Å². The number of nitrogens with zero attached hydrogens (tertiary/aromatic N) is 4. The lowest BCUT2D eigenvalue weighted by atomic mass is 10.0. The third-order valence-electron chi connectivity index (χ3n) is 4.71. The number of amides is 1. The number of hydrogen-bond donors (Lipinski definition) is 1. The molecular formula is C18H25N5O. The van der Waals surface area contributed by atoms with Crippen LogP contribution in [0.1, 0.15) is 30.1 Å². The number of aromatic nitrogens is 3. The topological polar surface area (TPSA) is 63.1 Å². The van der Waals surface area contributed by atoms with Gasteiger partial charge in [-0.2, -0.15) is 0 Å². The zero-order valence-electron chi connectivity index (χ0n) is 14.4. The highest BCUT2D eigenvalue weighted by molar-refractivity contribution is 5.78. The Morgan fingerprint density at radius 2 is 1.92 bits per heavy atom. The van der Waals surface area contributed by atoms with Crippen molar-refractivity contribution in [3.05, 3.63) is 47.5 Å². The minimum atomic E-state index is 0.114. The average molecular weight is 327 g/mol. The first-order valence-corrected chi connectivity index (χ1v) is 8.52. The van der Waals surface area contributed by atoms with Gasteiger partial charge in [0.15, 0.2) is 0 Å². The summed E-state index contributed by atoms with van der Waals surface area (Å²) in [6, 6.07) is 10.2. The Hall–Kier alpha value is -2.21. The van der Waals surface area contributed by atoms with Gasteiger partial charge in [-0.15, -0.1) is 10.2 Å². The summed E-state index contributed by atoms with van der Waals surface area (Å²) in [5.74, 6) is 2.05. The van der Waals surface area contributed by atoms with Crippen LogP contribution in [-0.4, -0.2) is 44.7 Å². The van der Waals surface area contributed by atoms with E-state index in [9.17, 15) is 4.79 Å². The predicted molar refractivity (Wildman–Crippen MR) is 92.3 cm³/mol. The standard InChI is InChI=1S/C18H25N5O/c1-14-20-21-17(22(14)2)13-23-10-8-16(9-11-23)19-18(24)12-15-6-4-3-5-7-15/h3-7,16H,8-13H2,1-2H3,(H,19,24). The van der Waals surface area contributed by atoms with Crippen molar-refractivity contribution < 1.29 is 4.79 Å². The highest BCUT2D eigenvalue weighted by atomic mass is 16.1. The molecule has 0 unspecified atom stereocenters. The number of carbonyl (C=O) groups is 1. The van der Waals surface area contributed by atoms with Gasteiger partial charge in [0, 0.05) is 26.2 Å². The first-order chi connectivity index (χ1) is 11.6. The molecule has 1 amide bonds. The Morgan fingerprint density at radius 3 is 2.54 bits per heavy atom. The molecule has 1 aromatic carbocycles. The molecule has 24 heavy (non-hydrogen) atoms. The van der Waals surface area contributed by atoms with Crippen molar-refractivity contribution in [1.29, 1.82) is 0 Å². The molecule has 2 heterocycles. The van der Waals surface area contributed by atoms with E-state index in [1.165, 1.54) is 0 Å². The summed E-state index contributed by atoms with van der Waals surface area (Å²) >= 11 is 0. The minimum Gasteiger partial charge on any atom is -0.353 e. The molecule has 0 bridgehead atoms. The fourth-order valence-corrected chi connectivity index (χ4v) is 3.08. The van der Waals surface area contributed by atoms with E-state index in [1.54, 1.807) is 0 Å². The molecule has 1 fully saturated rings. The van der Waals surface area contributed by atoms with Crippen molar-refractivity contribution >= 4 is 5.91 Å². The van der Waals surface area contributed by atoms with Gasteiger partial charge in [-0.3, -0.25) is 9.69 Å². The molecule has 0 aliphatic carbocycles. The van der Waals surface area contributed by atoms with Gasteiger partial charge in [0.1, 0.15) is 11.6 Å². The first kappa shape index (κ1) is 16.6. The van der Waals surface area contributed by atoms with Gasteiger partial charge in [-0.05, 0) is 25.3 Å². The Morgan fingerprint density at radius 1 is 1.21 bits per heavy atom. The zero-order chi connectivity index (χ0) is 16.9. The van der Waals surface area contributed by atoms with E-state index < -0.39 is 0 Å². The molecule has 0 radical (unpaired) electrons. The maximum absolute atomic E-state index is 12.2. The number of benzene rings is 1. The van der Waals surface area contributed by atoms with Gasteiger partial charge in [0.05, 0.1) is 13.0 Å². The summed E-state index contributed by atoms with van der Waals surface area (Å²) in [5.41, 5.74) is 1.06. The Bertz CT molecular complexity index is 674. The van der Waals surface area contributed by atoms with Gasteiger partial charge in [0.2, 0.25) is 5.91 Å². The molecule has 1 aromatic heterocycles. The van der Waals surface area contributed by atoms with E-state index >= 15 is 0 Å². The molecule has 0 spiro atoms. The molecule has 1 aliphatic heterocycles. The van der Waals surface area contributed by atoms with E-state index in [2.05, 4.69) is 20.4 Å². The van der Waals surface area contributed by atoms with Gasteiger partial charge in [-0.1, -0.05) is 30.3 Å². The van der Waals surface area contributed by atoms with Crippen molar-refractivity contribution in [3.63, 3.8) is 0 Å². The molecular weight excluding hydrogens is 302 g/mol. The van der Waals surface area contributed by atoms with E-state index in [0.29, 0.717) is 6.42 Å². The normalized spacial score (nSPS) is 16.2. The quantitative estimate of drug-likeness (QED) is 0.903. The molecule has 6 nitrogen and oxygen atoms in total. The summed E-state index contributed by atoms with van der Waals surface area (Å²) < 4.78 is 2.04. The Kier molecular flexibility index (Phi) is 5.25. The number of carbonyl (C=O) groups excluding carboxylic acids is 1. The number of likely N-dealkylation sites (tertiary alicyclic amines) is 1. The predicted octanol–water partition coefficient (Wildman–Crippen LogP) is 1.45. The SMILES string of the molecule is Cc1nnc(CN2CCC(NC(=O)Cc3ccccc3)CC2)n1C. The molecule has 0 atom stereocenters. The molecule has 2 aromatic rings. The fourth-order valence-electron chi connectivity index (χ4n) is 3.08. The van der Waals surface area contributed by atoms with Crippen LogP contribution in [0.15, 0.2) is 30.3 Å². The highest BCUT2D eigenvalue weighted by Gasteiger charge is 2.22. The van der Waals surface area contributed by atoms with Crippen LogP contribution in [0.2, 0.25) is 0 Å².